The van der Waals surface area contributed by atoms with Crippen LogP contribution >= 0.6 is 15.9 Å². The second-order valence-electron chi connectivity index (χ2n) is 8.04. The summed E-state index contributed by atoms with van der Waals surface area (Å²) >= 11 is 3.82. The molecular weight excluding hydrogens is 417 g/mol. The molecule has 2 aromatic carbocycles. The lowest BCUT2D eigenvalue weighted by atomic mass is 9.89. The molecule has 0 spiro atoms. The predicted octanol–water partition coefficient (Wildman–Crippen LogP) is 5.72. The van der Waals surface area contributed by atoms with Crippen LogP contribution in [0, 0.1) is 5.92 Å². The van der Waals surface area contributed by atoms with Crippen molar-refractivity contribution in [2.45, 2.75) is 32.1 Å². The van der Waals surface area contributed by atoms with Gasteiger partial charge < -0.3 is 10.0 Å². The Kier molecular flexibility index (Phi) is 6.17. The van der Waals surface area contributed by atoms with Crippen molar-refractivity contribution >= 4 is 21.5 Å². The highest BCUT2D eigenvalue weighted by atomic mass is 79.9. The minimum absolute atomic E-state index is 0.212. The number of fused-ring (bicyclic) bond motifs is 1. The Labute approximate surface area is 175 Å². The van der Waals surface area contributed by atoms with Crippen LogP contribution < -0.4 is 0 Å². The number of alkyl halides is 1. The maximum absolute atomic E-state index is 12.3. The number of aryl methyl sites for hydroxylation is 1. The lowest BCUT2D eigenvalue weighted by Gasteiger charge is -2.39. The molecule has 1 saturated heterocycles. The number of benzene rings is 2. The van der Waals surface area contributed by atoms with Gasteiger partial charge in [-0.3, -0.25) is 4.39 Å². The van der Waals surface area contributed by atoms with E-state index in [9.17, 15) is 9.50 Å². The minimum atomic E-state index is -0.212. The van der Waals surface area contributed by atoms with Gasteiger partial charge in [0.15, 0.2) is 0 Å². The molecular formula is C24H27BrFNO. The first-order valence-electron chi connectivity index (χ1n) is 10.2. The van der Waals surface area contributed by atoms with Gasteiger partial charge in [0.05, 0.1) is 6.67 Å². The Balaban J connectivity index is 1.48. The smallest absolute Gasteiger partial charge is 0.115 e. The SMILES string of the molecule is Oc1ccc2c(c1)CCCC(Br)=C2c1ccc(CC2CN(CCCF)C2)cc1. The van der Waals surface area contributed by atoms with E-state index in [0.29, 0.717) is 18.1 Å². The Morgan fingerprint density at radius 3 is 2.61 bits per heavy atom. The van der Waals surface area contributed by atoms with E-state index in [0.717, 1.165) is 45.3 Å². The number of nitrogens with zero attached hydrogens (tertiary/aromatic N) is 1. The molecule has 0 amide bonds. The fourth-order valence-electron chi connectivity index (χ4n) is 4.46. The van der Waals surface area contributed by atoms with Crippen LogP contribution in [0.25, 0.3) is 5.57 Å². The monoisotopic (exact) mass is 443 g/mol. The first-order valence-corrected chi connectivity index (χ1v) is 11.0. The maximum Gasteiger partial charge on any atom is 0.115 e. The molecule has 1 aliphatic heterocycles. The number of allylic oxidation sites excluding steroid dienone is 1. The third-order valence-corrected chi connectivity index (χ3v) is 6.67. The van der Waals surface area contributed by atoms with E-state index in [1.807, 2.05) is 12.1 Å². The maximum atomic E-state index is 12.3. The van der Waals surface area contributed by atoms with Crippen LogP contribution in [0.2, 0.25) is 0 Å². The topological polar surface area (TPSA) is 23.5 Å². The summed E-state index contributed by atoms with van der Waals surface area (Å²) in [5, 5.41) is 9.87. The van der Waals surface area contributed by atoms with Crippen molar-refractivity contribution < 1.29 is 9.50 Å². The third kappa shape index (κ3) is 4.33. The van der Waals surface area contributed by atoms with Gasteiger partial charge in [0, 0.05) is 24.1 Å². The van der Waals surface area contributed by atoms with Crippen molar-refractivity contribution in [3.8, 4) is 5.75 Å². The molecule has 1 heterocycles. The molecule has 1 aliphatic carbocycles. The molecule has 2 nitrogen and oxygen atoms in total. The number of phenolic OH excluding ortho intramolecular Hbond substituents is 1. The van der Waals surface area contributed by atoms with Crippen LogP contribution in [0.4, 0.5) is 4.39 Å². The number of likely N-dealkylation sites (tertiary alicyclic amines) is 1. The van der Waals surface area contributed by atoms with E-state index in [2.05, 4.69) is 45.1 Å². The molecule has 1 fully saturated rings. The number of halogens is 2. The first-order chi connectivity index (χ1) is 13.6. The van der Waals surface area contributed by atoms with E-state index in [-0.39, 0.29) is 6.67 Å². The third-order valence-electron chi connectivity index (χ3n) is 5.88. The number of hydrogen-bond acceptors (Lipinski definition) is 2. The summed E-state index contributed by atoms with van der Waals surface area (Å²) in [6.45, 7) is 2.87. The molecule has 0 saturated carbocycles. The molecule has 0 radical (unpaired) electrons. The Morgan fingerprint density at radius 1 is 1.07 bits per heavy atom. The van der Waals surface area contributed by atoms with Gasteiger partial charge in [-0.1, -0.05) is 46.3 Å². The zero-order chi connectivity index (χ0) is 19.5. The second kappa shape index (κ2) is 8.79. The van der Waals surface area contributed by atoms with Crippen LogP contribution in [0.15, 0.2) is 46.9 Å². The average Bonchev–Trinajstić information content (AvgIpc) is 2.82. The summed E-state index contributed by atoms with van der Waals surface area (Å²) in [6, 6.07) is 14.7. The molecule has 0 atom stereocenters. The van der Waals surface area contributed by atoms with Gasteiger partial charge in [0.1, 0.15) is 5.75 Å². The summed E-state index contributed by atoms with van der Waals surface area (Å²) < 4.78 is 13.5. The normalized spacial score (nSPS) is 17.9. The number of rotatable bonds is 6. The lowest BCUT2D eigenvalue weighted by Crippen LogP contribution is -2.47. The molecule has 148 valence electrons. The van der Waals surface area contributed by atoms with Crippen LogP contribution in [0.1, 0.15) is 41.5 Å². The van der Waals surface area contributed by atoms with Crippen LogP contribution in [0.3, 0.4) is 0 Å². The Bertz CT molecular complexity index is 855. The van der Waals surface area contributed by atoms with Crippen molar-refractivity contribution in [3.05, 3.63) is 69.2 Å². The number of hydrogen-bond donors (Lipinski definition) is 1. The quantitative estimate of drug-likeness (QED) is 0.617. The predicted molar refractivity (Wildman–Crippen MR) is 117 cm³/mol. The second-order valence-corrected chi connectivity index (χ2v) is 9.00. The van der Waals surface area contributed by atoms with Crippen molar-refractivity contribution in [1.29, 1.82) is 0 Å². The Hall–Kier alpha value is -1.65. The van der Waals surface area contributed by atoms with E-state index in [1.54, 1.807) is 6.07 Å². The van der Waals surface area contributed by atoms with Gasteiger partial charge in [-0.15, -0.1) is 0 Å². The highest BCUT2D eigenvalue weighted by Crippen LogP contribution is 2.38. The average molecular weight is 444 g/mol. The van der Waals surface area contributed by atoms with Crippen molar-refractivity contribution in [3.63, 3.8) is 0 Å². The summed E-state index contributed by atoms with van der Waals surface area (Å²) in [4.78, 5) is 2.35. The summed E-state index contributed by atoms with van der Waals surface area (Å²) in [5.41, 5.74) is 6.28. The van der Waals surface area contributed by atoms with Crippen LogP contribution in [-0.2, 0) is 12.8 Å². The molecule has 4 rings (SSSR count). The van der Waals surface area contributed by atoms with Crippen molar-refractivity contribution in [2.24, 2.45) is 5.92 Å². The largest absolute Gasteiger partial charge is 0.508 e. The van der Waals surface area contributed by atoms with Gasteiger partial charge in [-0.25, -0.2) is 0 Å². The standard InChI is InChI=1S/C24H27BrFNO/c25-23-4-1-3-20-14-21(28)9-10-22(20)24(23)19-7-5-17(6-8-19)13-18-15-27(16-18)12-2-11-26/h5-10,14,18,28H,1-4,11-13,15-16H2. The number of aromatic hydroxyl groups is 1. The van der Waals surface area contributed by atoms with Crippen molar-refractivity contribution in [2.75, 3.05) is 26.3 Å². The van der Waals surface area contributed by atoms with E-state index in [4.69, 9.17) is 0 Å². The fraction of sp³-hybridized carbons (Fsp3) is 0.417. The molecule has 1 N–H and O–H groups in total. The number of phenols is 1. The van der Waals surface area contributed by atoms with E-state index < -0.39 is 0 Å². The molecule has 4 heteroatoms. The molecule has 0 bridgehead atoms. The van der Waals surface area contributed by atoms with Gasteiger partial charge in [-0.2, -0.15) is 0 Å². The van der Waals surface area contributed by atoms with E-state index in [1.165, 1.54) is 32.3 Å². The molecule has 0 aromatic heterocycles. The highest BCUT2D eigenvalue weighted by Gasteiger charge is 2.26. The Morgan fingerprint density at radius 2 is 1.86 bits per heavy atom. The highest BCUT2D eigenvalue weighted by molar-refractivity contribution is 9.11. The van der Waals surface area contributed by atoms with Crippen LogP contribution in [-0.4, -0.2) is 36.3 Å². The molecule has 28 heavy (non-hydrogen) atoms. The van der Waals surface area contributed by atoms with Gasteiger partial charge in [0.2, 0.25) is 0 Å². The first kappa shape index (κ1) is 19.7. The van der Waals surface area contributed by atoms with Crippen LogP contribution in [0.5, 0.6) is 5.75 Å². The van der Waals surface area contributed by atoms with Gasteiger partial charge >= 0.3 is 0 Å². The summed E-state index contributed by atoms with van der Waals surface area (Å²) in [6.07, 6.45) is 4.84. The lowest BCUT2D eigenvalue weighted by molar-refractivity contribution is 0.0968. The zero-order valence-electron chi connectivity index (χ0n) is 16.1. The van der Waals surface area contributed by atoms with E-state index >= 15 is 0 Å². The zero-order valence-corrected chi connectivity index (χ0v) is 17.7. The molecule has 2 aromatic rings. The minimum Gasteiger partial charge on any atom is -0.508 e. The van der Waals surface area contributed by atoms with Crippen molar-refractivity contribution in [1.82, 2.24) is 4.90 Å². The van der Waals surface area contributed by atoms with Gasteiger partial charge in [-0.05, 0) is 78.0 Å². The van der Waals surface area contributed by atoms with Gasteiger partial charge in [0.25, 0.3) is 0 Å². The summed E-state index contributed by atoms with van der Waals surface area (Å²) in [7, 11) is 0. The fourth-order valence-corrected chi connectivity index (χ4v) is 5.18. The molecule has 2 aliphatic rings. The summed E-state index contributed by atoms with van der Waals surface area (Å²) in [5.74, 6) is 1.03. The molecule has 0 unspecified atom stereocenters.